The largest absolute Gasteiger partial charge is 0.466 e. The highest BCUT2D eigenvalue weighted by molar-refractivity contribution is 5.69. The molecule has 0 radical (unpaired) electrons. The van der Waals surface area contributed by atoms with Gasteiger partial charge in [-0.25, -0.2) is 5.26 Å². The molecule has 0 amide bonds. The van der Waals surface area contributed by atoms with Gasteiger partial charge in [0, 0.05) is 6.42 Å². The maximum atomic E-state index is 10.5. The van der Waals surface area contributed by atoms with Gasteiger partial charge in [0.25, 0.3) is 0 Å². The average Bonchev–Trinajstić information content (AvgIpc) is 2.33. The Balaban J connectivity index is 0.000000261. The highest BCUT2D eigenvalue weighted by Crippen LogP contribution is 2.06. The van der Waals surface area contributed by atoms with Crippen molar-refractivity contribution in [1.82, 2.24) is 0 Å². The molecule has 0 saturated carbocycles. The zero-order chi connectivity index (χ0) is 9.23. The van der Waals surface area contributed by atoms with E-state index in [1.54, 1.807) is 0 Å². The lowest BCUT2D eigenvalue weighted by Gasteiger charge is -1.93. The van der Waals surface area contributed by atoms with Crippen molar-refractivity contribution in [1.29, 1.82) is 0 Å². The molecule has 12 heavy (non-hydrogen) atoms. The van der Waals surface area contributed by atoms with Crippen LogP contribution < -0.4 is 0 Å². The lowest BCUT2D eigenvalue weighted by molar-refractivity contribution is -0.217. The summed E-state index contributed by atoms with van der Waals surface area (Å²) in [7, 11) is 0. The highest BCUT2D eigenvalue weighted by Gasteiger charge is 2.05. The van der Waals surface area contributed by atoms with Gasteiger partial charge >= 0.3 is 12.4 Å². The van der Waals surface area contributed by atoms with Crippen molar-refractivity contribution in [2.24, 2.45) is 0 Å². The number of esters is 1. The fourth-order valence-electron chi connectivity index (χ4n) is 0.806. The van der Waals surface area contributed by atoms with Crippen molar-refractivity contribution in [2.45, 2.75) is 25.7 Å². The Kier molecular flexibility index (Phi) is 7.27. The molecule has 0 spiro atoms. The van der Waals surface area contributed by atoms with Crippen LogP contribution in [-0.4, -0.2) is 24.3 Å². The van der Waals surface area contributed by atoms with E-state index in [0.717, 1.165) is 19.3 Å². The summed E-state index contributed by atoms with van der Waals surface area (Å²) in [6.45, 7) is 0.568. The monoisotopic (exact) mass is 176 g/mol. The first-order valence-electron chi connectivity index (χ1n) is 3.70. The number of hydrogen-bond donors (Lipinski definition) is 1. The van der Waals surface area contributed by atoms with Crippen molar-refractivity contribution in [3.8, 4) is 0 Å². The van der Waals surface area contributed by atoms with Gasteiger partial charge in [-0.1, -0.05) is 0 Å². The summed E-state index contributed by atoms with van der Waals surface area (Å²) in [5.41, 5.74) is 0. The first-order chi connectivity index (χ1) is 5.81. The Hall–Kier alpha value is -1.10. The van der Waals surface area contributed by atoms with Gasteiger partial charge < -0.3 is 9.62 Å². The van der Waals surface area contributed by atoms with Gasteiger partial charge in [-0.3, -0.25) is 9.59 Å². The van der Waals surface area contributed by atoms with Crippen LogP contribution in [0.5, 0.6) is 0 Å². The molecule has 0 aromatic rings. The maximum Gasteiger partial charge on any atom is 0.330 e. The minimum Gasteiger partial charge on any atom is -0.466 e. The van der Waals surface area contributed by atoms with Crippen molar-refractivity contribution in [3.05, 3.63) is 0 Å². The summed E-state index contributed by atoms with van der Waals surface area (Å²) in [5, 5.41) is 7.01. The standard InChI is InChI=1S/C6H10O2.CH2O3/c7-6-4-2-1-3-5-8-6;2-1-4-3/h1-5H2;1,3H. The van der Waals surface area contributed by atoms with Gasteiger partial charge in [-0.2, -0.15) is 0 Å². The summed E-state index contributed by atoms with van der Waals surface area (Å²) in [6.07, 6.45) is 3.83. The fraction of sp³-hybridized carbons (Fsp3) is 0.714. The van der Waals surface area contributed by atoms with E-state index in [9.17, 15) is 4.79 Å². The SMILES string of the molecule is O=C1CCCCCO1.O=COO. The Morgan fingerprint density at radius 2 is 2.08 bits per heavy atom. The van der Waals surface area contributed by atoms with E-state index >= 15 is 0 Å². The molecule has 0 aromatic carbocycles. The topological polar surface area (TPSA) is 72.8 Å². The molecular weight excluding hydrogens is 164 g/mol. The number of rotatable bonds is 1. The zero-order valence-corrected chi connectivity index (χ0v) is 6.69. The molecule has 5 nitrogen and oxygen atoms in total. The average molecular weight is 176 g/mol. The van der Waals surface area contributed by atoms with Crippen LogP contribution in [-0.2, 0) is 19.2 Å². The molecule has 1 heterocycles. The van der Waals surface area contributed by atoms with Gasteiger partial charge in [0.15, 0.2) is 0 Å². The van der Waals surface area contributed by atoms with E-state index < -0.39 is 0 Å². The van der Waals surface area contributed by atoms with Gasteiger partial charge in [0.1, 0.15) is 0 Å². The zero-order valence-electron chi connectivity index (χ0n) is 6.69. The molecule has 1 aliphatic heterocycles. The number of cyclic esters (lactones) is 1. The van der Waals surface area contributed by atoms with Crippen LogP contribution in [0.3, 0.4) is 0 Å². The molecular formula is C7H12O5. The number of carbonyl (C=O) groups is 2. The number of hydrogen-bond acceptors (Lipinski definition) is 5. The van der Waals surface area contributed by atoms with Gasteiger partial charge in [-0.15, -0.1) is 0 Å². The van der Waals surface area contributed by atoms with Crippen molar-refractivity contribution >= 4 is 12.4 Å². The van der Waals surface area contributed by atoms with E-state index in [2.05, 4.69) is 4.89 Å². The number of ether oxygens (including phenoxy) is 1. The fourth-order valence-corrected chi connectivity index (χ4v) is 0.806. The lowest BCUT2D eigenvalue weighted by Crippen LogP contribution is -2.00. The maximum absolute atomic E-state index is 10.5. The normalized spacial score (nSPS) is 16.2. The van der Waals surface area contributed by atoms with Crippen LogP contribution >= 0.6 is 0 Å². The third-order valence-corrected chi connectivity index (χ3v) is 1.33. The Morgan fingerprint density at radius 3 is 2.67 bits per heavy atom. The second-order valence-electron chi connectivity index (χ2n) is 2.23. The molecule has 70 valence electrons. The lowest BCUT2D eigenvalue weighted by atomic mass is 10.2. The van der Waals surface area contributed by atoms with Crippen LogP contribution in [0.15, 0.2) is 0 Å². The minimum absolute atomic E-state index is 0.0255. The summed E-state index contributed by atoms with van der Waals surface area (Å²) < 4.78 is 4.76. The van der Waals surface area contributed by atoms with E-state index in [0.29, 0.717) is 13.0 Å². The van der Waals surface area contributed by atoms with Crippen LogP contribution in [0.1, 0.15) is 25.7 Å². The molecule has 0 aromatic heterocycles. The van der Waals surface area contributed by atoms with E-state index in [1.165, 1.54) is 0 Å². The Bertz CT molecular complexity index is 124. The van der Waals surface area contributed by atoms with Crippen LogP contribution in [0.2, 0.25) is 0 Å². The Labute approximate surface area is 70.2 Å². The third-order valence-electron chi connectivity index (χ3n) is 1.33. The van der Waals surface area contributed by atoms with Crippen molar-refractivity contribution in [3.63, 3.8) is 0 Å². The van der Waals surface area contributed by atoms with Crippen LogP contribution in [0.4, 0.5) is 0 Å². The molecule has 0 atom stereocenters. The molecule has 0 aliphatic carbocycles. The second-order valence-corrected chi connectivity index (χ2v) is 2.23. The molecule has 1 saturated heterocycles. The predicted octanol–water partition coefficient (Wildman–Crippen LogP) is 0.736. The predicted molar refractivity (Wildman–Crippen MR) is 39.2 cm³/mol. The molecule has 0 bridgehead atoms. The van der Waals surface area contributed by atoms with E-state index in [1.807, 2.05) is 0 Å². The summed E-state index contributed by atoms with van der Waals surface area (Å²) >= 11 is 0. The van der Waals surface area contributed by atoms with E-state index in [4.69, 9.17) is 14.8 Å². The highest BCUT2D eigenvalue weighted by atomic mass is 17.1. The first-order valence-corrected chi connectivity index (χ1v) is 3.70. The smallest absolute Gasteiger partial charge is 0.330 e. The molecule has 1 aliphatic rings. The van der Waals surface area contributed by atoms with Gasteiger partial charge in [-0.05, 0) is 19.3 Å². The van der Waals surface area contributed by atoms with Crippen LogP contribution in [0.25, 0.3) is 0 Å². The quantitative estimate of drug-likeness (QED) is 0.276. The Morgan fingerprint density at radius 1 is 1.42 bits per heavy atom. The van der Waals surface area contributed by atoms with Crippen molar-refractivity contribution in [2.75, 3.05) is 6.61 Å². The van der Waals surface area contributed by atoms with Crippen molar-refractivity contribution < 1.29 is 24.5 Å². The molecule has 1 rings (SSSR count). The molecule has 1 fully saturated rings. The molecule has 0 unspecified atom stereocenters. The summed E-state index contributed by atoms with van der Waals surface area (Å²) in [6, 6.07) is 0. The van der Waals surface area contributed by atoms with Gasteiger partial charge in [0.05, 0.1) is 6.61 Å². The molecule has 1 N–H and O–H groups in total. The molecule has 5 heteroatoms. The number of carbonyl (C=O) groups excluding carboxylic acids is 2. The van der Waals surface area contributed by atoms with Gasteiger partial charge in [0.2, 0.25) is 0 Å². The third kappa shape index (κ3) is 7.01. The van der Waals surface area contributed by atoms with Crippen LogP contribution in [0, 0.1) is 0 Å². The first kappa shape index (κ1) is 10.9. The second kappa shape index (κ2) is 8.00. The minimum atomic E-state index is -0.0694. The summed E-state index contributed by atoms with van der Waals surface area (Å²) in [5.74, 6) is -0.0255. The summed E-state index contributed by atoms with van der Waals surface area (Å²) in [4.78, 5) is 22.0. The van der Waals surface area contributed by atoms with E-state index in [-0.39, 0.29) is 12.4 Å².